The van der Waals surface area contributed by atoms with E-state index in [1.54, 1.807) is 28.7 Å². The largest absolute Gasteiger partial charge is 0.290 e. The molecule has 0 bridgehead atoms. The van der Waals surface area contributed by atoms with Crippen molar-refractivity contribution >= 4 is 17.7 Å². The Balaban J connectivity index is 2.20. The Hall–Kier alpha value is -0.960. The quantitative estimate of drug-likeness (QED) is 0.659. The van der Waals surface area contributed by atoms with Crippen molar-refractivity contribution in [3.05, 3.63) is 35.5 Å². The highest BCUT2D eigenvalue weighted by molar-refractivity contribution is 8.04. The lowest BCUT2D eigenvalue weighted by atomic mass is 10.4. The van der Waals surface area contributed by atoms with Gasteiger partial charge in [0.1, 0.15) is 0 Å². The number of rotatable bonds is 1. The second kappa shape index (κ2) is 3.19. The standard InChI is InChI=1S/C9H9NOS/c11-9(8-4-3-7-12-8)10-5-1-2-6-10/h1-2,4-6H,3,7H2. The number of carbonyl (C=O) groups excluding carboxylic acids is 1. The van der Waals surface area contributed by atoms with Crippen molar-refractivity contribution in [3.63, 3.8) is 0 Å². The molecule has 0 unspecified atom stereocenters. The molecule has 0 N–H and O–H groups in total. The van der Waals surface area contributed by atoms with E-state index in [1.165, 1.54) is 0 Å². The molecule has 0 saturated heterocycles. The number of aromatic nitrogens is 1. The van der Waals surface area contributed by atoms with E-state index >= 15 is 0 Å². The molecule has 1 aromatic rings. The maximum absolute atomic E-state index is 11.6. The van der Waals surface area contributed by atoms with Crippen LogP contribution in [0.4, 0.5) is 0 Å². The lowest BCUT2D eigenvalue weighted by Gasteiger charge is -2.00. The van der Waals surface area contributed by atoms with Gasteiger partial charge in [0.2, 0.25) is 0 Å². The Morgan fingerprint density at radius 3 is 2.75 bits per heavy atom. The van der Waals surface area contributed by atoms with E-state index in [-0.39, 0.29) is 5.91 Å². The van der Waals surface area contributed by atoms with Crippen molar-refractivity contribution in [2.75, 3.05) is 5.75 Å². The molecule has 0 atom stereocenters. The van der Waals surface area contributed by atoms with Crippen LogP contribution in [-0.2, 0) is 0 Å². The maximum atomic E-state index is 11.6. The van der Waals surface area contributed by atoms with Crippen LogP contribution in [0.25, 0.3) is 0 Å². The summed E-state index contributed by atoms with van der Waals surface area (Å²) < 4.78 is 1.62. The summed E-state index contributed by atoms with van der Waals surface area (Å²) in [6.07, 6.45) is 6.59. The predicted octanol–water partition coefficient (Wildman–Crippen LogP) is 2.15. The number of hydrogen-bond acceptors (Lipinski definition) is 2. The Morgan fingerprint density at radius 1 is 1.42 bits per heavy atom. The van der Waals surface area contributed by atoms with Crippen molar-refractivity contribution in [2.45, 2.75) is 6.42 Å². The Morgan fingerprint density at radius 2 is 2.17 bits per heavy atom. The molecule has 0 aliphatic carbocycles. The van der Waals surface area contributed by atoms with Gasteiger partial charge in [-0.15, -0.1) is 11.8 Å². The van der Waals surface area contributed by atoms with E-state index in [0.717, 1.165) is 17.1 Å². The van der Waals surface area contributed by atoms with Crippen LogP contribution in [0, 0.1) is 0 Å². The van der Waals surface area contributed by atoms with Gasteiger partial charge in [-0.25, -0.2) is 0 Å². The SMILES string of the molecule is O=C(C1=CCCS1)n1cccc1. The molecule has 0 fully saturated rings. The van der Waals surface area contributed by atoms with E-state index in [0.29, 0.717) is 0 Å². The second-order valence-electron chi connectivity index (χ2n) is 2.60. The zero-order valence-corrected chi connectivity index (χ0v) is 7.38. The van der Waals surface area contributed by atoms with Crippen LogP contribution >= 0.6 is 11.8 Å². The molecule has 0 radical (unpaired) electrons. The van der Waals surface area contributed by atoms with Crippen molar-refractivity contribution < 1.29 is 4.79 Å². The normalized spacial score (nSPS) is 16.2. The van der Waals surface area contributed by atoms with Gasteiger partial charge >= 0.3 is 0 Å². The fourth-order valence-electron chi connectivity index (χ4n) is 1.16. The molecule has 2 heterocycles. The first-order chi connectivity index (χ1) is 5.88. The summed E-state index contributed by atoms with van der Waals surface area (Å²) in [5, 5.41) is 0. The van der Waals surface area contributed by atoms with Gasteiger partial charge in [-0.05, 0) is 18.6 Å². The van der Waals surface area contributed by atoms with Gasteiger partial charge in [0, 0.05) is 18.1 Å². The summed E-state index contributed by atoms with van der Waals surface area (Å²) in [6.45, 7) is 0. The van der Waals surface area contributed by atoms with Crippen LogP contribution in [0.3, 0.4) is 0 Å². The van der Waals surface area contributed by atoms with Crippen molar-refractivity contribution in [2.24, 2.45) is 0 Å². The zero-order chi connectivity index (χ0) is 8.39. The highest BCUT2D eigenvalue weighted by Crippen LogP contribution is 2.25. The average Bonchev–Trinajstić information content (AvgIpc) is 2.77. The van der Waals surface area contributed by atoms with Gasteiger partial charge < -0.3 is 0 Å². The molecule has 3 heteroatoms. The maximum Gasteiger partial charge on any atom is 0.267 e. The monoisotopic (exact) mass is 179 g/mol. The van der Waals surface area contributed by atoms with Crippen molar-refractivity contribution in [1.82, 2.24) is 4.57 Å². The first-order valence-corrected chi connectivity index (χ1v) is 4.87. The van der Waals surface area contributed by atoms with Gasteiger partial charge in [-0.1, -0.05) is 6.08 Å². The molecule has 1 aliphatic rings. The first kappa shape index (κ1) is 7.68. The van der Waals surface area contributed by atoms with Gasteiger partial charge in [0.25, 0.3) is 5.91 Å². The summed E-state index contributed by atoms with van der Waals surface area (Å²) in [6, 6.07) is 3.72. The topological polar surface area (TPSA) is 22.0 Å². The molecule has 0 spiro atoms. The molecule has 0 amide bonds. The Kier molecular flexibility index (Phi) is 2.04. The summed E-state index contributed by atoms with van der Waals surface area (Å²) >= 11 is 1.64. The predicted molar refractivity (Wildman–Crippen MR) is 50.2 cm³/mol. The number of allylic oxidation sites excluding steroid dienone is 2. The minimum Gasteiger partial charge on any atom is -0.290 e. The second-order valence-corrected chi connectivity index (χ2v) is 3.74. The smallest absolute Gasteiger partial charge is 0.267 e. The Labute approximate surface area is 75.3 Å². The molecule has 2 nitrogen and oxygen atoms in total. The van der Waals surface area contributed by atoms with Crippen molar-refractivity contribution in [1.29, 1.82) is 0 Å². The summed E-state index contributed by atoms with van der Waals surface area (Å²) in [5.41, 5.74) is 0. The van der Waals surface area contributed by atoms with E-state index in [4.69, 9.17) is 0 Å². The van der Waals surface area contributed by atoms with E-state index in [2.05, 4.69) is 0 Å². The van der Waals surface area contributed by atoms with Crippen molar-refractivity contribution in [3.8, 4) is 0 Å². The van der Waals surface area contributed by atoms with Gasteiger partial charge in [-0.3, -0.25) is 9.36 Å². The molecule has 0 aromatic carbocycles. The highest BCUT2D eigenvalue weighted by Gasteiger charge is 2.14. The molecule has 0 saturated carbocycles. The fraction of sp³-hybridized carbons (Fsp3) is 0.222. The molecular formula is C9H9NOS. The Bertz CT molecular complexity index is 313. The summed E-state index contributed by atoms with van der Waals surface area (Å²) in [7, 11) is 0. The number of carbonyl (C=O) groups is 1. The fourth-order valence-corrected chi connectivity index (χ4v) is 2.08. The van der Waals surface area contributed by atoms with Crippen LogP contribution in [0.2, 0.25) is 0 Å². The lowest BCUT2D eigenvalue weighted by Crippen LogP contribution is -2.07. The minimum atomic E-state index is 0.0995. The van der Waals surface area contributed by atoms with Gasteiger partial charge in [-0.2, -0.15) is 0 Å². The number of thioether (sulfide) groups is 1. The first-order valence-electron chi connectivity index (χ1n) is 3.88. The molecule has 1 aliphatic heterocycles. The average molecular weight is 179 g/mol. The molecular weight excluding hydrogens is 170 g/mol. The lowest BCUT2D eigenvalue weighted by molar-refractivity contribution is 0.0965. The van der Waals surface area contributed by atoms with Gasteiger partial charge in [0.05, 0.1) is 4.91 Å². The third kappa shape index (κ3) is 1.32. The van der Waals surface area contributed by atoms with E-state index < -0.39 is 0 Å². The molecule has 12 heavy (non-hydrogen) atoms. The third-order valence-corrected chi connectivity index (χ3v) is 2.85. The summed E-state index contributed by atoms with van der Waals surface area (Å²) in [5.74, 6) is 1.14. The van der Waals surface area contributed by atoms with Crippen LogP contribution < -0.4 is 0 Å². The third-order valence-electron chi connectivity index (χ3n) is 1.75. The molecule has 1 aromatic heterocycles. The summed E-state index contributed by atoms with van der Waals surface area (Å²) in [4.78, 5) is 12.5. The van der Waals surface area contributed by atoms with Crippen LogP contribution in [0.15, 0.2) is 35.5 Å². The molecule has 62 valence electrons. The number of nitrogens with zero attached hydrogens (tertiary/aromatic N) is 1. The minimum absolute atomic E-state index is 0.0995. The number of hydrogen-bond donors (Lipinski definition) is 0. The zero-order valence-electron chi connectivity index (χ0n) is 6.56. The van der Waals surface area contributed by atoms with E-state index in [1.807, 2.05) is 18.2 Å². The van der Waals surface area contributed by atoms with Crippen LogP contribution in [0.5, 0.6) is 0 Å². The van der Waals surface area contributed by atoms with Gasteiger partial charge in [0.15, 0.2) is 0 Å². The molecule has 2 rings (SSSR count). The highest BCUT2D eigenvalue weighted by atomic mass is 32.2. The van der Waals surface area contributed by atoms with Crippen LogP contribution in [0.1, 0.15) is 11.2 Å². The van der Waals surface area contributed by atoms with E-state index in [9.17, 15) is 4.79 Å². The van der Waals surface area contributed by atoms with Crippen LogP contribution in [-0.4, -0.2) is 16.2 Å².